The number of halogens is 2. The van der Waals surface area contributed by atoms with E-state index in [1.165, 1.54) is 0 Å². The molecule has 2 atom stereocenters. The second-order valence-corrected chi connectivity index (χ2v) is 7.54. The first-order valence-electron chi connectivity index (χ1n) is 8.54. The SMILES string of the molecule is Cc1ncnc(N2CC3CN(C(=O)C4CC(F)(F)C4)CC3C2)c1C. The number of carbonyl (C=O) groups excluding carboxylic acids is 1. The second kappa shape index (κ2) is 5.36. The zero-order valence-corrected chi connectivity index (χ0v) is 14.0. The third-order valence-corrected chi connectivity index (χ3v) is 5.85. The third-order valence-electron chi connectivity index (χ3n) is 5.85. The molecule has 1 amide bonds. The molecule has 3 fully saturated rings. The van der Waals surface area contributed by atoms with Gasteiger partial charge in [-0.3, -0.25) is 4.79 Å². The molecule has 0 spiro atoms. The molecule has 4 rings (SSSR count). The van der Waals surface area contributed by atoms with Gasteiger partial charge in [-0.25, -0.2) is 18.7 Å². The van der Waals surface area contributed by atoms with Gasteiger partial charge in [-0.05, 0) is 13.8 Å². The monoisotopic (exact) mass is 336 g/mol. The highest BCUT2D eigenvalue weighted by Crippen LogP contribution is 2.44. The van der Waals surface area contributed by atoms with Crippen LogP contribution in [0.5, 0.6) is 0 Å². The van der Waals surface area contributed by atoms with Crippen molar-refractivity contribution >= 4 is 11.7 Å². The first-order valence-corrected chi connectivity index (χ1v) is 8.54. The van der Waals surface area contributed by atoms with Gasteiger partial charge in [0.15, 0.2) is 0 Å². The van der Waals surface area contributed by atoms with Gasteiger partial charge in [-0.2, -0.15) is 0 Å². The van der Waals surface area contributed by atoms with Gasteiger partial charge in [0.05, 0.1) is 0 Å². The molecular weight excluding hydrogens is 314 g/mol. The molecule has 0 N–H and O–H groups in total. The van der Waals surface area contributed by atoms with Gasteiger partial charge in [0.25, 0.3) is 0 Å². The van der Waals surface area contributed by atoms with Crippen molar-refractivity contribution in [1.29, 1.82) is 0 Å². The van der Waals surface area contributed by atoms with E-state index in [4.69, 9.17) is 0 Å². The first kappa shape index (κ1) is 15.7. The second-order valence-electron chi connectivity index (χ2n) is 7.54. The average molecular weight is 336 g/mol. The summed E-state index contributed by atoms with van der Waals surface area (Å²) < 4.78 is 26.0. The van der Waals surface area contributed by atoms with Crippen LogP contribution in [-0.2, 0) is 4.79 Å². The number of likely N-dealkylation sites (tertiary alicyclic amines) is 1. The van der Waals surface area contributed by atoms with Crippen molar-refractivity contribution in [3.8, 4) is 0 Å². The van der Waals surface area contributed by atoms with Crippen molar-refractivity contribution in [3.05, 3.63) is 17.6 Å². The van der Waals surface area contributed by atoms with E-state index in [2.05, 4.69) is 14.9 Å². The van der Waals surface area contributed by atoms with Crippen LogP contribution in [0, 0.1) is 31.6 Å². The van der Waals surface area contributed by atoms with E-state index < -0.39 is 11.8 Å². The quantitative estimate of drug-likeness (QED) is 0.829. The fourth-order valence-electron chi connectivity index (χ4n) is 4.28. The number of aromatic nitrogens is 2. The topological polar surface area (TPSA) is 49.3 Å². The zero-order chi connectivity index (χ0) is 17.1. The molecule has 1 aromatic heterocycles. The maximum absolute atomic E-state index is 13.0. The number of alkyl halides is 2. The molecule has 3 heterocycles. The molecule has 0 aromatic carbocycles. The van der Waals surface area contributed by atoms with Gasteiger partial charge in [0.2, 0.25) is 11.8 Å². The Bertz CT molecular complexity index is 659. The number of rotatable bonds is 2. The molecule has 130 valence electrons. The van der Waals surface area contributed by atoms with Gasteiger partial charge in [0.1, 0.15) is 12.1 Å². The summed E-state index contributed by atoms with van der Waals surface area (Å²) in [6, 6.07) is 0. The number of anilines is 1. The normalized spacial score (nSPS) is 28.8. The minimum Gasteiger partial charge on any atom is -0.356 e. The Morgan fingerprint density at radius 3 is 2.33 bits per heavy atom. The molecule has 2 saturated heterocycles. The van der Waals surface area contributed by atoms with Crippen molar-refractivity contribution in [2.24, 2.45) is 17.8 Å². The number of hydrogen-bond donors (Lipinski definition) is 0. The van der Waals surface area contributed by atoms with Gasteiger partial charge in [-0.1, -0.05) is 0 Å². The van der Waals surface area contributed by atoms with Crippen molar-refractivity contribution in [1.82, 2.24) is 14.9 Å². The molecule has 1 aliphatic carbocycles. The van der Waals surface area contributed by atoms with Crippen molar-refractivity contribution in [3.63, 3.8) is 0 Å². The number of aryl methyl sites for hydroxylation is 1. The molecule has 2 unspecified atom stereocenters. The van der Waals surface area contributed by atoms with Gasteiger partial charge in [-0.15, -0.1) is 0 Å². The lowest BCUT2D eigenvalue weighted by atomic mass is 9.80. The summed E-state index contributed by atoms with van der Waals surface area (Å²) in [5.41, 5.74) is 2.09. The Labute approximate surface area is 140 Å². The standard InChI is InChI=1S/C17H22F2N4O/c1-10-11(2)20-9-21-15(10)22-5-13-7-23(8-14(13)6-22)16(24)12-3-17(18,19)4-12/h9,12-14H,3-8H2,1-2H3. The van der Waals surface area contributed by atoms with Gasteiger partial charge in [0, 0.05) is 68.0 Å². The minimum atomic E-state index is -2.63. The molecule has 1 aromatic rings. The van der Waals surface area contributed by atoms with E-state index >= 15 is 0 Å². The molecule has 0 bridgehead atoms. The van der Waals surface area contributed by atoms with Crippen LogP contribution in [0.15, 0.2) is 6.33 Å². The molecular formula is C17H22F2N4O. The van der Waals surface area contributed by atoms with E-state index in [0.717, 1.165) is 30.2 Å². The fourth-order valence-corrected chi connectivity index (χ4v) is 4.28. The van der Waals surface area contributed by atoms with E-state index in [1.807, 2.05) is 18.7 Å². The highest BCUT2D eigenvalue weighted by Gasteiger charge is 2.52. The van der Waals surface area contributed by atoms with Crippen LogP contribution in [0.3, 0.4) is 0 Å². The summed E-state index contributed by atoms with van der Waals surface area (Å²) in [6.45, 7) is 7.12. The minimum absolute atomic E-state index is 0.0732. The van der Waals surface area contributed by atoms with Crippen LogP contribution >= 0.6 is 0 Å². The lowest BCUT2D eigenvalue weighted by Gasteiger charge is -2.36. The van der Waals surface area contributed by atoms with Crippen molar-refractivity contribution < 1.29 is 13.6 Å². The predicted octanol–water partition coefficient (Wildman–Crippen LogP) is 2.03. The predicted molar refractivity (Wildman–Crippen MR) is 85.0 cm³/mol. The molecule has 2 aliphatic heterocycles. The Morgan fingerprint density at radius 1 is 1.12 bits per heavy atom. The zero-order valence-electron chi connectivity index (χ0n) is 14.0. The molecule has 3 aliphatic rings. The van der Waals surface area contributed by atoms with Crippen LogP contribution in [0.1, 0.15) is 24.1 Å². The van der Waals surface area contributed by atoms with Gasteiger partial charge >= 0.3 is 0 Å². The summed E-state index contributed by atoms with van der Waals surface area (Å²) >= 11 is 0. The summed E-state index contributed by atoms with van der Waals surface area (Å²) in [5, 5.41) is 0. The van der Waals surface area contributed by atoms with Crippen molar-refractivity contribution in [2.45, 2.75) is 32.6 Å². The van der Waals surface area contributed by atoms with E-state index in [9.17, 15) is 13.6 Å². The average Bonchev–Trinajstić information content (AvgIpc) is 3.05. The summed E-state index contributed by atoms with van der Waals surface area (Å²) in [6.07, 6.45) is 1.05. The van der Waals surface area contributed by atoms with Gasteiger partial charge < -0.3 is 9.80 Å². The number of carbonyl (C=O) groups is 1. The Kier molecular flexibility index (Phi) is 3.51. The molecule has 24 heavy (non-hydrogen) atoms. The largest absolute Gasteiger partial charge is 0.356 e. The molecule has 5 nitrogen and oxygen atoms in total. The maximum atomic E-state index is 13.0. The third kappa shape index (κ3) is 2.54. The van der Waals surface area contributed by atoms with Crippen molar-refractivity contribution in [2.75, 3.05) is 31.1 Å². The fraction of sp³-hybridized carbons (Fsp3) is 0.706. The lowest BCUT2D eigenvalue weighted by Crippen LogP contribution is -2.46. The summed E-state index contributed by atoms with van der Waals surface area (Å²) in [5.74, 6) is -1.38. The Morgan fingerprint density at radius 2 is 1.75 bits per heavy atom. The molecule has 0 radical (unpaired) electrons. The van der Waals surface area contributed by atoms with E-state index in [-0.39, 0.29) is 18.7 Å². The molecule has 1 saturated carbocycles. The highest BCUT2D eigenvalue weighted by molar-refractivity contribution is 5.80. The first-order chi connectivity index (χ1) is 11.3. The summed E-state index contributed by atoms with van der Waals surface area (Å²) in [4.78, 5) is 25.1. The smallest absolute Gasteiger partial charge is 0.249 e. The summed E-state index contributed by atoms with van der Waals surface area (Å²) in [7, 11) is 0. The Hall–Kier alpha value is -1.79. The molecule has 7 heteroatoms. The number of hydrogen-bond acceptors (Lipinski definition) is 4. The van der Waals surface area contributed by atoms with Crippen LogP contribution < -0.4 is 4.90 Å². The van der Waals surface area contributed by atoms with Crippen LogP contribution in [-0.4, -0.2) is 52.9 Å². The number of fused-ring (bicyclic) bond motifs is 1. The lowest BCUT2D eigenvalue weighted by molar-refractivity contribution is -0.159. The Balaban J connectivity index is 1.39. The van der Waals surface area contributed by atoms with Crippen LogP contribution in [0.2, 0.25) is 0 Å². The van der Waals surface area contributed by atoms with E-state index in [1.54, 1.807) is 6.33 Å². The number of nitrogens with zero attached hydrogens (tertiary/aromatic N) is 4. The van der Waals surface area contributed by atoms with Crippen LogP contribution in [0.4, 0.5) is 14.6 Å². The van der Waals surface area contributed by atoms with Crippen LogP contribution in [0.25, 0.3) is 0 Å². The maximum Gasteiger partial charge on any atom is 0.249 e. The highest BCUT2D eigenvalue weighted by atomic mass is 19.3. The number of amides is 1. The van der Waals surface area contributed by atoms with E-state index in [0.29, 0.717) is 24.9 Å².